The molecule has 86 valence electrons. The minimum absolute atomic E-state index is 0.0646. The fourth-order valence-corrected chi connectivity index (χ4v) is 2.09. The molecular formula is C15H13BrO. The molecule has 0 N–H and O–H groups in total. The van der Waals surface area contributed by atoms with Crippen molar-refractivity contribution in [3.05, 3.63) is 58.1 Å². The van der Waals surface area contributed by atoms with E-state index in [-0.39, 0.29) is 5.78 Å². The molecule has 0 atom stereocenters. The van der Waals surface area contributed by atoms with Crippen molar-refractivity contribution in [1.82, 2.24) is 0 Å². The van der Waals surface area contributed by atoms with E-state index < -0.39 is 0 Å². The molecule has 0 radical (unpaired) electrons. The Kier molecular flexibility index (Phi) is 3.43. The summed E-state index contributed by atoms with van der Waals surface area (Å²) in [6.45, 7) is 3.85. The Morgan fingerprint density at radius 2 is 1.71 bits per heavy atom. The van der Waals surface area contributed by atoms with Gasteiger partial charge in [-0.05, 0) is 48.9 Å². The maximum absolute atomic E-state index is 11.9. The van der Waals surface area contributed by atoms with Crippen molar-refractivity contribution in [2.75, 3.05) is 0 Å². The van der Waals surface area contributed by atoms with Gasteiger partial charge < -0.3 is 0 Å². The Morgan fingerprint density at radius 3 is 2.41 bits per heavy atom. The Balaban J connectivity index is 2.48. The van der Waals surface area contributed by atoms with Crippen LogP contribution in [-0.4, -0.2) is 5.78 Å². The number of hydrogen-bond donors (Lipinski definition) is 0. The molecule has 0 aliphatic rings. The average molecular weight is 289 g/mol. The minimum Gasteiger partial charge on any atom is -0.289 e. The maximum Gasteiger partial charge on any atom is 0.185 e. The molecule has 0 heterocycles. The topological polar surface area (TPSA) is 17.1 Å². The Morgan fingerprint density at radius 1 is 1.06 bits per heavy atom. The van der Waals surface area contributed by atoms with Gasteiger partial charge in [0.05, 0.1) is 0 Å². The van der Waals surface area contributed by atoms with Crippen LogP contribution in [0.3, 0.4) is 0 Å². The number of carbonyl (C=O) groups is 1. The number of halogens is 1. The lowest BCUT2D eigenvalue weighted by Crippen LogP contribution is -1.94. The van der Waals surface area contributed by atoms with E-state index in [1.807, 2.05) is 50.2 Å². The van der Waals surface area contributed by atoms with Crippen molar-refractivity contribution in [3.63, 3.8) is 0 Å². The minimum atomic E-state index is 0.0646. The lowest BCUT2D eigenvalue weighted by atomic mass is 10.0. The molecule has 0 saturated heterocycles. The monoisotopic (exact) mass is 288 g/mol. The van der Waals surface area contributed by atoms with Crippen LogP contribution in [0.2, 0.25) is 0 Å². The summed E-state index contributed by atoms with van der Waals surface area (Å²) in [6, 6.07) is 11.8. The predicted octanol–water partition coefficient (Wildman–Crippen LogP) is 4.75. The third kappa shape index (κ3) is 2.83. The third-order valence-electron chi connectivity index (χ3n) is 2.51. The summed E-state index contributed by atoms with van der Waals surface area (Å²) >= 11 is 3.44. The highest BCUT2D eigenvalue weighted by atomic mass is 79.9. The first-order valence-corrected chi connectivity index (χ1v) is 6.24. The van der Waals surface area contributed by atoms with Gasteiger partial charge in [0.25, 0.3) is 0 Å². The highest BCUT2D eigenvalue weighted by Gasteiger charge is 2.03. The van der Waals surface area contributed by atoms with Crippen LogP contribution < -0.4 is 0 Å². The van der Waals surface area contributed by atoms with Crippen molar-refractivity contribution in [3.8, 4) is 0 Å². The zero-order valence-corrected chi connectivity index (χ0v) is 11.4. The molecule has 0 saturated carbocycles. The number of ketones is 1. The van der Waals surface area contributed by atoms with Crippen LogP contribution in [-0.2, 0) is 0 Å². The number of allylic oxidation sites excluding steroid dienone is 2. The SMILES string of the molecule is CC(C)=CC(=O)c1ccc2cc(Br)ccc2c1. The van der Waals surface area contributed by atoms with Gasteiger partial charge in [-0.2, -0.15) is 0 Å². The van der Waals surface area contributed by atoms with E-state index in [0.29, 0.717) is 0 Å². The van der Waals surface area contributed by atoms with E-state index in [1.165, 1.54) is 0 Å². The van der Waals surface area contributed by atoms with Crippen LogP contribution in [0, 0.1) is 0 Å². The molecule has 1 nitrogen and oxygen atoms in total. The zero-order valence-electron chi connectivity index (χ0n) is 9.83. The molecular weight excluding hydrogens is 276 g/mol. The van der Waals surface area contributed by atoms with E-state index in [1.54, 1.807) is 6.08 Å². The lowest BCUT2D eigenvalue weighted by Gasteiger charge is -2.02. The van der Waals surface area contributed by atoms with Crippen molar-refractivity contribution in [2.45, 2.75) is 13.8 Å². The summed E-state index contributed by atoms with van der Waals surface area (Å²) in [4.78, 5) is 11.9. The average Bonchev–Trinajstić information content (AvgIpc) is 2.27. The van der Waals surface area contributed by atoms with E-state index in [0.717, 1.165) is 26.4 Å². The van der Waals surface area contributed by atoms with Crippen LogP contribution in [0.1, 0.15) is 24.2 Å². The highest BCUT2D eigenvalue weighted by Crippen LogP contribution is 2.21. The van der Waals surface area contributed by atoms with Gasteiger partial charge in [-0.25, -0.2) is 0 Å². The summed E-state index contributed by atoms with van der Waals surface area (Å²) < 4.78 is 1.05. The van der Waals surface area contributed by atoms with E-state index in [2.05, 4.69) is 15.9 Å². The molecule has 17 heavy (non-hydrogen) atoms. The second-order valence-corrected chi connectivity index (χ2v) is 5.21. The van der Waals surface area contributed by atoms with E-state index in [9.17, 15) is 4.79 Å². The molecule has 0 amide bonds. The van der Waals surface area contributed by atoms with Gasteiger partial charge in [0.1, 0.15) is 0 Å². The van der Waals surface area contributed by atoms with Crippen LogP contribution in [0.4, 0.5) is 0 Å². The van der Waals surface area contributed by atoms with Gasteiger partial charge in [0, 0.05) is 10.0 Å². The van der Waals surface area contributed by atoms with Crippen molar-refractivity contribution >= 4 is 32.5 Å². The van der Waals surface area contributed by atoms with Crippen LogP contribution in [0.5, 0.6) is 0 Å². The molecule has 2 rings (SSSR count). The Labute approximate surface area is 109 Å². The molecule has 0 fully saturated rings. The standard InChI is InChI=1S/C15H13BrO/c1-10(2)7-15(17)13-4-3-12-9-14(16)6-5-11(12)8-13/h3-9H,1-2H3. The van der Waals surface area contributed by atoms with E-state index in [4.69, 9.17) is 0 Å². The highest BCUT2D eigenvalue weighted by molar-refractivity contribution is 9.10. The Hall–Kier alpha value is -1.41. The number of rotatable bonds is 2. The van der Waals surface area contributed by atoms with Crippen LogP contribution in [0.15, 0.2) is 52.5 Å². The molecule has 2 heteroatoms. The van der Waals surface area contributed by atoms with Gasteiger partial charge in [0.2, 0.25) is 0 Å². The number of benzene rings is 2. The molecule has 0 unspecified atom stereocenters. The predicted molar refractivity (Wildman–Crippen MR) is 75.4 cm³/mol. The van der Waals surface area contributed by atoms with Gasteiger partial charge in [-0.3, -0.25) is 4.79 Å². The van der Waals surface area contributed by atoms with Crippen molar-refractivity contribution in [2.24, 2.45) is 0 Å². The summed E-state index contributed by atoms with van der Waals surface area (Å²) in [6.07, 6.45) is 1.67. The lowest BCUT2D eigenvalue weighted by molar-refractivity contribution is 0.104. The molecule has 2 aromatic carbocycles. The summed E-state index contributed by atoms with van der Waals surface area (Å²) in [5.74, 6) is 0.0646. The smallest absolute Gasteiger partial charge is 0.185 e. The van der Waals surface area contributed by atoms with Crippen molar-refractivity contribution in [1.29, 1.82) is 0 Å². The quantitative estimate of drug-likeness (QED) is 0.576. The summed E-state index contributed by atoms with van der Waals surface area (Å²) in [5.41, 5.74) is 1.76. The van der Waals surface area contributed by atoms with Gasteiger partial charge in [-0.1, -0.05) is 39.7 Å². The molecule has 2 aromatic rings. The summed E-state index contributed by atoms with van der Waals surface area (Å²) in [7, 11) is 0. The molecule has 0 bridgehead atoms. The fourth-order valence-electron chi connectivity index (χ4n) is 1.72. The fraction of sp³-hybridized carbons (Fsp3) is 0.133. The molecule has 0 aromatic heterocycles. The summed E-state index contributed by atoms with van der Waals surface area (Å²) in [5, 5.41) is 2.22. The second-order valence-electron chi connectivity index (χ2n) is 4.29. The first-order valence-electron chi connectivity index (χ1n) is 5.45. The number of carbonyl (C=O) groups excluding carboxylic acids is 1. The first-order chi connectivity index (χ1) is 8.06. The first kappa shape index (κ1) is 12.1. The Bertz CT molecular complexity index is 607. The largest absolute Gasteiger partial charge is 0.289 e. The number of hydrogen-bond acceptors (Lipinski definition) is 1. The molecule has 0 aliphatic heterocycles. The van der Waals surface area contributed by atoms with Gasteiger partial charge >= 0.3 is 0 Å². The van der Waals surface area contributed by atoms with E-state index >= 15 is 0 Å². The maximum atomic E-state index is 11.9. The third-order valence-corrected chi connectivity index (χ3v) is 3.00. The zero-order chi connectivity index (χ0) is 12.4. The van der Waals surface area contributed by atoms with Crippen LogP contribution >= 0.6 is 15.9 Å². The normalized spacial score (nSPS) is 10.3. The molecule has 0 spiro atoms. The van der Waals surface area contributed by atoms with Crippen molar-refractivity contribution < 1.29 is 4.79 Å². The molecule has 0 aliphatic carbocycles. The van der Waals surface area contributed by atoms with Gasteiger partial charge in [-0.15, -0.1) is 0 Å². The second kappa shape index (κ2) is 4.84. The van der Waals surface area contributed by atoms with Gasteiger partial charge in [0.15, 0.2) is 5.78 Å². The van der Waals surface area contributed by atoms with Crippen LogP contribution in [0.25, 0.3) is 10.8 Å². The number of fused-ring (bicyclic) bond motifs is 1.